The predicted molar refractivity (Wildman–Crippen MR) is 95.3 cm³/mol. The van der Waals surface area contributed by atoms with Crippen molar-refractivity contribution in [3.8, 4) is 0 Å². The monoisotopic (exact) mass is 368 g/mol. The second-order valence-corrected chi connectivity index (χ2v) is 6.41. The lowest BCUT2D eigenvalue weighted by molar-refractivity contribution is -0.122. The number of rotatable bonds is 6. The Labute approximate surface area is 148 Å². The maximum Gasteiger partial charge on any atom is 0.243 e. The van der Waals surface area contributed by atoms with Crippen LogP contribution in [0.5, 0.6) is 0 Å². The van der Waals surface area contributed by atoms with E-state index < -0.39 is 0 Å². The summed E-state index contributed by atoms with van der Waals surface area (Å²) in [6.07, 6.45) is 0. The Bertz CT molecular complexity index is 693. The minimum atomic E-state index is -0.302. The quantitative estimate of drug-likeness (QED) is 0.761. The van der Waals surface area contributed by atoms with E-state index in [0.717, 1.165) is 4.90 Å². The molecule has 2 rings (SSSR count). The molecule has 120 valence electrons. The molecular formula is C16H14Cl2N2O2S. The normalized spacial score (nSPS) is 10.2. The summed E-state index contributed by atoms with van der Waals surface area (Å²) in [6.45, 7) is -0.0927. The molecule has 0 fully saturated rings. The number of thioether (sulfide) groups is 1. The van der Waals surface area contributed by atoms with Crippen LogP contribution in [0.15, 0.2) is 53.4 Å². The predicted octanol–water partition coefficient (Wildman–Crippen LogP) is 3.84. The molecule has 2 amide bonds. The number of benzene rings is 2. The summed E-state index contributed by atoms with van der Waals surface area (Å²) in [6, 6.07) is 14.0. The van der Waals surface area contributed by atoms with Crippen molar-refractivity contribution < 1.29 is 9.59 Å². The molecule has 0 aromatic heterocycles. The molecule has 0 aliphatic carbocycles. The third kappa shape index (κ3) is 6.14. The minimum Gasteiger partial charge on any atom is -0.346 e. The summed E-state index contributed by atoms with van der Waals surface area (Å²) in [5, 5.41) is 6.42. The van der Waals surface area contributed by atoms with Gasteiger partial charge in [-0.25, -0.2) is 0 Å². The second kappa shape index (κ2) is 8.82. The molecule has 7 heteroatoms. The number of nitrogens with one attached hydrogen (secondary N) is 2. The molecule has 0 aliphatic heterocycles. The minimum absolute atomic E-state index is 0.0927. The summed E-state index contributed by atoms with van der Waals surface area (Å²) in [5.74, 6) is -0.345. The standard InChI is InChI=1S/C16H14Cl2N2O2S/c17-11-5-7-12(8-6-11)20-15(21)9-19-16(22)10-23-14-4-2-1-3-13(14)18/h1-8H,9-10H2,(H,19,22)(H,20,21). The fourth-order valence-corrected chi connectivity index (χ4v) is 2.87. The third-order valence-electron chi connectivity index (χ3n) is 2.77. The smallest absolute Gasteiger partial charge is 0.243 e. The van der Waals surface area contributed by atoms with Gasteiger partial charge in [0.05, 0.1) is 17.3 Å². The zero-order valence-electron chi connectivity index (χ0n) is 12.0. The first-order valence-corrected chi connectivity index (χ1v) is 8.48. The van der Waals surface area contributed by atoms with E-state index in [9.17, 15) is 9.59 Å². The SMILES string of the molecule is O=C(CSc1ccccc1Cl)NCC(=O)Nc1ccc(Cl)cc1. The molecule has 0 saturated carbocycles. The average molecular weight is 369 g/mol. The van der Waals surface area contributed by atoms with Crippen molar-refractivity contribution in [3.05, 3.63) is 58.6 Å². The van der Waals surface area contributed by atoms with Gasteiger partial charge in [-0.3, -0.25) is 9.59 Å². The molecule has 2 N–H and O–H groups in total. The molecule has 0 spiro atoms. The summed E-state index contributed by atoms with van der Waals surface area (Å²) >= 11 is 13.1. The number of anilines is 1. The Balaban J connectivity index is 1.72. The van der Waals surface area contributed by atoms with E-state index in [-0.39, 0.29) is 24.1 Å². The van der Waals surface area contributed by atoms with Gasteiger partial charge in [-0.15, -0.1) is 11.8 Å². The topological polar surface area (TPSA) is 58.2 Å². The molecule has 0 heterocycles. The van der Waals surface area contributed by atoms with Crippen LogP contribution >= 0.6 is 35.0 Å². The van der Waals surface area contributed by atoms with E-state index in [1.807, 2.05) is 18.2 Å². The number of halogens is 2. The molecular weight excluding hydrogens is 355 g/mol. The van der Waals surface area contributed by atoms with Crippen LogP contribution in [0.1, 0.15) is 0 Å². The molecule has 2 aromatic carbocycles. The van der Waals surface area contributed by atoms with Crippen molar-refractivity contribution in [2.45, 2.75) is 4.90 Å². The van der Waals surface area contributed by atoms with Gasteiger partial charge in [-0.1, -0.05) is 35.3 Å². The third-order valence-corrected chi connectivity index (χ3v) is 4.54. The van der Waals surface area contributed by atoms with Crippen molar-refractivity contribution >= 4 is 52.5 Å². The first kappa shape index (κ1) is 17.7. The van der Waals surface area contributed by atoms with Crippen LogP contribution in [-0.4, -0.2) is 24.1 Å². The highest BCUT2D eigenvalue weighted by atomic mass is 35.5. The van der Waals surface area contributed by atoms with Crippen LogP contribution in [-0.2, 0) is 9.59 Å². The average Bonchev–Trinajstić information content (AvgIpc) is 2.54. The number of hydrogen-bond donors (Lipinski definition) is 2. The van der Waals surface area contributed by atoms with E-state index in [1.54, 1.807) is 30.3 Å². The molecule has 0 unspecified atom stereocenters. The maximum absolute atomic E-state index is 11.8. The summed E-state index contributed by atoms with van der Waals surface area (Å²) in [5.41, 5.74) is 0.624. The van der Waals surface area contributed by atoms with Gasteiger partial charge < -0.3 is 10.6 Å². The Morgan fingerprint density at radius 3 is 2.35 bits per heavy atom. The van der Waals surface area contributed by atoms with Crippen molar-refractivity contribution in [3.63, 3.8) is 0 Å². The molecule has 0 aliphatic rings. The summed E-state index contributed by atoms with van der Waals surface area (Å²) in [7, 11) is 0. The largest absolute Gasteiger partial charge is 0.346 e. The number of amides is 2. The van der Waals surface area contributed by atoms with E-state index in [0.29, 0.717) is 15.7 Å². The first-order valence-electron chi connectivity index (χ1n) is 6.74. The molecule has 0 radical (unpaired) electrons. The highest BCUT2D eigenvalue weighted by molar-refractivity contribution is 8.00. The highest BCUT2D eigenvalue weighted by Gasteiger charge is 2.08. The summed E-state index contributed by atoms with van der Waals surface area (Å²) < 4.78 is 0. The Kier molecular flexibility index (Phi) is 6.77. The zero-order valence-corrected chi connectivity index (χ0v) is 14.3. The van der Waals surface area contributed by atoms with Crippen LogP contribution in [0, 0.1) is 0 Å². The van der Waals surface area contributed by atoms with Crippen molar-refractivity contribution in [1.82, 2.24) is 5.32 Å². The number of hydrogen-bond acceptors (Lipinski definition) is 3. The zero-order chi connectivity index (χ0) is 16.7. The van der Waals surface area contributed by atoms with E-state index in [2.05, 4.69) is 10.6 Å². The van der Waals surface area contributed by atoms with E-state index in [4.69, 9.17) is 23.2 Å². The van der Waals surface area contributed by atoms with Crippen LogP contribution in [0.2, 0.25) is 10.0 Å². The van der Waals surface area contributed by atoms with Crippen molar-refractivity contribution in [1.29, 1.82) is 0 Å². The van der Waals surface area contributed by atoms with E-state index >= 15 is 0 Å². The fraction of sp³-hybridized carbons (Fsp3) is 0.125. The Morgan fingerprint density at radius 1 is 0.957 bits per heavy atom. The van der Waals surface area contributed by atoms with Gasteiger partial charge in [0.1, 0.15) is 0 Å². The number of carbonyl (C=O) groups excluding carboxylic acids is 2. The van der Waals surface area contributed by atoms with Crippen LogP contribution in [0.25, 0.3) is 0 Å². The van der Waals surface area contributed by atoms with Crippen LogP contribution in [0.3, 0.4) is 0 Å². The molecule has 0 atom stereocenters. The highest BCUT2D eigenvalue weighted by Crippen LogP contribution is 2.26. The fourth-order valence-electron chi connectivity index (χ4n) is 1.67. The van der Waals surface area contributed by atoms with Crippen LogP contribution in [0.4, 0.5) is 5.69 Å². The van der Waals surface area contributed by atoms with Gasteiger partial charge in [0, 0.05) is 15.6 Å². The lowest BCUT2D eigenvalue weighted by Crippen LogP contribution is -2.33. The Hall–Kier alpha value is -1.69. The van der Waals surface area contributed by atoms with Gasteiger partial charge in [-0.2, -0.15) is 0 Å². The van der Waals surface area contributed by atoms with Crippen molar-refractivity contribution in [2.75, 3.05) is 17.6 Å². The van der Waals surface area contributed by atoms with Gasteiger partial charge >= 0.3 is 0 Å². The van der Waals surface area contributed by atoms with Gasteiger partial charge in [-0.05, 0) is 36.4 Å². The lowest BCUT2D eigenvalue weighted by Gasteiger charge is -2.07. The van der Waals surface area contributed by atoms with Gasteiger partial charge in [0.25, 0.3) is 0 Å². The lowest BCUT2D eigenvalue weighted by atomic mass is 10.3. The summed E-state index contributed by atoms with van der Waals surface area (Å²) in [4.78, 5) is 24.3. The molecule has 2 aromatic rings. The van der Waals surface area contributed by atoms with Gasteiger partial charge in [0.2, 0.25) is 11.8 Å². The molecule has 23 heavy (non-hydrogen) atoms. The molecule has 4 nitrogen and oxygen atoms in total. The first-order chi connectivity index (χ1) is 11.0. The van der Waals surface area contributed by atoms with Crippen molar-refractivity contribution in [2.24, 2.45) is 0 Å². The Morgan fingerprint density at radius 2 is 1.65 bits per heavy atom. The second-order valence-electron chi connectivity index (χ2n) is 4.55. The van der Waals surface area contributed by atoms with Crippen LogP contribution < -0.4 is 10.6 Å². The number of carbonyl (C=O) groups is 2. The molecule has 0 bridgehead atoms. The maximum atomic E-state index is 11.8. The van der Waals surface area contributed by atoms with E-state index in [1.165, 1.54) is 11.8 Å². The molecule has 0 saturated heterocycles. The van der Waals surface area contributed by atoms with Gasteiger partial charge in [0.15, 0.2) is 0 Å².